The van der Waals surface area contributed by atoms with Gasteiger partial charge in [-0.25, -0.2) is 0 Å². The van der Waals surface area contributed by atoms with Crippen molar-refractivity contribution in [1.82, 2.24) is 14.4 Å². The fourth-order valence-electron chi connectivity index (χ4n) is 6.08. The first kappa shape index (κ1) is 21.2. The second-order valence-electron chi connectivity index (χ2n) is 10.0. The number of nitrogens with zero attached hydrogens (tertiary/aromatic N) is 3. The highest BCUT2D eigenvalue weighted by atomic mass is 35.5. The van der Waals surface area contributed by atoms with Crippen molar-refractivity contribution in [3.05, 3.63) is 70.4 Å². The Morgan fingerprint density at radius 2 is 1.97 bits per heavy atom. The third-order valence-corrected chi connectivity index (χ3v) is 8.12. The number of hydrogen-bond donors (Lipinski definition) is 0. The van der Waals surface area contributed by atoms with Crippen LogP contribution in [0.1, 0.15) is 40.7 Å². The standard InChI is InChI=1S/C27H30ClN3O2/c1-29-11-8-19(15-29)16-31-17-23(22-7-6-21(28)14-25(22)31)26(32)30-12-9-27(10-13-30)24-5-3-2-4-20(24)18-33-27/h2-7,14,17,19H,8-13,15-16,18H2,1H3. The van der Waals surface area contributed by atoms with Gasteiger partial charge in [0, 0.05) is 42.8 Å². The van der Waals surface area contributed by atoms with Crippen LogP contribution in [0.3, 0.4) is 0 Å². The Labute approximate surface area is 199 Å². The third-order valence-electron chi connectivity index (χ3n) is 7.89. The van der Waals surface area contributed by atoms with Crippen molar-refractivity contribution in [1.29, 1.82) is 0 Å². The van der Waals surface area contributed by atoms with E-state index in [0.29, 0.717) is 30.6 Å². The fraction of sp³-hybridized carbons (Fsp3) is 0.444. The van der Waals surface area contributed by atoms with Gasteiger partial charge in [-0.2, -0.15) is 0 Å². The second kappa shape index (κ2) is 8.15. The number of rotatable bonds is 3. The number of aromatic nitrogens is 1. The van der Waals surface area contributed by atoms with Crippen LogP contribution in [0, 0.1) is 5.92 Å². The number of amides is 1. The van der Waals surface area contributed by atoms with Crippen LogP contribution >= 0.6 is 11.6 Å². The molecule has 1 unspecified atom stereocenters. The number of fused-ring (bicyclic) bond motifs is 3. The topological polar surface area (TPSA) is 37.7 Å². The molecular weight excluding hydrogens is 434 g/mol. The minimum atomic E-state index is -0.233. The zero-order valence-corrected chi connectivity index (χ0v) is 19.9. The highest BCUT2D eigenvalue weighted by Gasteiger charge is 2.43. The lowest BCUT2D eigenvalue weighted by Crippen LogP contribution is -2.45. The average Bonchev–Trinajstić information content (AvgIpc) is 3.51. The Kier molecular flexibility index (Phi) is 5.24. The van der Waals surface area contributed by atoms with E-state index in [4.69, 9.17) is 16.3 Å². The Hall–Kier alpha value is -2.34. The number of piperidine rings is 1. The summed E-state index contributed by atoms with van der Waals surface area (Å²) >= 11 is 6.35. The Bertz CT molecular complexity index is 1210. The minimum absolute atomic E-state index is 0.116. The minimum Gasteiger partial charge on any atom is -0.365 e. The second-order valence-corrected chi connectivity index (χ2v) is 10.4. The summed E-state index contributed by atoms with van der Waals surface area (Å²) in [6, 6.07) is 14.4. The van der Waals surface area contributed by atoms with Gasteiger partial charge in [-0.3, -0.25) is 4.79 Å². The van der Waals surface area contributed by atoms with E-state index in [9.17, 15) is 4.79 Å². The molecule has 3 aliphatic rings. The van der Waals surface area contributed by atoms with Crippen LogP contribution in [0.4, 0.5) is 0 Å². The molecule has 0 bridgehead atoms. The van der Waals surface area contributed by atoms with E-state index in [1.807, 2.05) is 23.1 Å². The molecule has 4 heterocycles. The van der Waals surface area contributed by atoms with Crippen molar-refractivity contribution in [3.8, 4) is 0 Å². The van der Waals surface area contributed by atoms with Gasteiger partial charge in [-0.1, -0.05) is 41.9 Å². The normalized spacial score (nSPS) is 22.4. The largest absolute Gasteiger partial charge is 0.365 e. The van der Waals surface area contributed by atoms with Crippen LogP contribution in [0.15, 0.2) is 48.7 Å². The van der Waals surface area contributed by atoms with Crippen molar-refractivity contribution in [2.75, 3.05) is 33.2 Å². The highest BCUT2D eigenvalue weighted by Crippen LogP contribution is 2.44. The summed E-state index contributed by atoms with van der Waals surface area (Å²) < 4.78 is 8.55. The molecule has 3 aliphatic heterocycles. The molecule has 0 N–H and O–H groups in total. The van der Waals surface area contributed by atoms with Gasteiger partial charge in [0.2, 0.25) is 0 Å². The van der Waals surface area contributed by atoms with Gasteiger partial charge in [-0.05, 0) is 62.0 Å². The van der Waals surface area contributed by atoms with Crippen LogP contribution in [0.2, 0.25) is 5.02 Å². The van der Waals surface area contributed by atoms with Gasteiger partial charge in [0.15, 0.2) is 0 Å². The van der Waals surface area contributed by atoms with Crippen molar-refractivity contribution in [2.24, 2.45) is 5.92 Å². The summed E-state index contributed by atoms with van der Waals surface area (Å²) in [4.78, 5) is 18.1. The molecule has 33 heavy (non-hydrogen) atoms. The molecule has 6 heteroatoms. The molecule has 1 atom stereocenters. The molecule has 1 amide bonds. The van der Waals surface area contributed by atoms with Gasteiger partial charge in [0.1, 0.15) is 0 Å². The molecule has 6 rings (SSSR count). The predicted octanol–water partition coefficient (Wildman–Crippen LogP) is 4.91. The number of carbonyl (C=O) groups excluding carboxylic acids is 1. The van der Waals surface area contributed by atoms with E-state index >= 15 is 0 Å². The molecular formula is C27H30ClN3O2. The first-order chi connectivity index (χ1) is 16.0. The summed E-state index contributed by atoms with van der Waals surface area (Å²) in [7, 11) is 2.18. The zero-order chi connectivity index (χ0) is 22.6. The molecule has 5 nitrogen and oxygen atoms in total. The molecule has 172 valence electrons. The summed E-state index contributed by atoms with van der Waals surface area (Å²) in [5, 5.41) is 1.71. The number of ether oxygens (including phenoxy) is 1. The molecule has 0 saturated carbocycles. The number of likely N-dealkylation sites (tertiary alicyclic amines) is 2. The molecule has 1 aromatic heterocycles. The summed E-state index contributed by atoms with van der Waals surface area (Å²) in [6.07, 6.45) is 4.94. The Morgan fingerprint density at radius 1 is 1.15 bits per heavy atom. The Morgan fingerprint density at radius 3 is 2.76 bits per heavy atom. The van der Waals surface area contributed by atoms with E-state index < -0.39 is 0 Å². The van der Waals surface area contributed by atoms with Gasteiger partial charge in [0.05, 0.1) is 23.3 Å². The van der Waals surface area contributed by atoms with Crippen LogP contribution < -0.4 is 0 Å². The summed E-state index contributed by atoms with van der Waals surface area (Å²) in [6.45, 7) is 5.25. The lowest BCUT2D eigenvalue weighted by atomic mass is 9.83. The zero-order valence-electron chi connectivity index (χ0n) is 19.1. The smallest absolute Gasteiger partial charge is 0.256 e. The maximum atomic E-state index is 13.7. The molecule has 2 aromatic carbocycles. The van der Waals surface area contributed by atoms with Crippen molar-refractivity contribution >= 4 is 28.4 Å². The molecule has 0 aliphatic carbocycles. The lowest BCUT2D eigenvalue weighted by Gasteiger charge is -2.39. The van der Waals surface area contributed by atoms with E-state index in [2.05, 4.69) is 47.0 Å². The van der Waals surface area contributed by atoms with Gasteiger partial charge in [0.25, 0.3) is 5.91 Å². The maximum Gasteiger partial charge on any atom is 0.256 e. The number of halogens is 1. The molecule has 2 saturated heterocycles. The van der Waals surface area contributed by atoms with Crippen LogP contribution in [-0.4, -0.2) is 53.5 Å². The monoisotopic (exact) mass is 463 g/mol. The Balaban J connectivity index is 1.25. The van der Waals surface area contributed by atoms with Crippen molar-refractivity contribution < 1.29 is 9.53 Å². The highest BCUT2D eigenvalue weighted by molar-refractivity contribution is 6.31. The maximum absolute atomic E-state index is 13.7. The molecule has 2 fully saturated rings. The molecule has 3 aromatic rings. The predicted molar refractivity (Wildman–Crippen MR) is 131 cm³/mol. The van der Waals surface area contributed by atoms with E-state index in [0.717, 1.165) is 48.9 Å². The summed E-state index contributed by atoms with van der Waals surface area (Å²) in [5.74, 6) is 0.715. The third kappa shape index (κ3) is 3.67. The van der Waals surface area contributed by atoms with Crippen LogP contribution in [0.5, 0.6) is 0 Å². The van der Waals surface area contributed by atoms with Gasteiger partial charge in [-0.15, -0.1) is 0 Å². The first-order valence-electron chi connectivity index (χ1n) is 12.0. The number of benzene rings is 2. The van der Waals surface area contributed by atoms with Crippen molar-refractivity contribution in [2.45, 2.75) is 38.0 Å². The van der Waals surface area contributed by atoms with E-state index in [-0.39, 0.29) is 11.5 Å². The quantitative estimate of drug-likeness (QED) is 0.554. The molecule has 0 radical (unpaired) electrons. The lowest BCUT2D eigenvalue weighted by molar-refractivity contribution is -0.0741. The molecule has 1 spiro atoms. The number of carbonyl (C=O) groups is 1. The van der Waals surface area contributed by atoms with E-state index in [1.165, 1.54) is 17.5 Å². The number of hydrogen-bond acceptors (Lipinski definition) is 3. The average molecular weight is 464 g/mol. The summed E-state index contributed by atoms with van der Waals surface area (Å²) in [5.41, 5.74) is 4.21. The van der Waals surface area contributed by atoms with Crippen LogP contribution in [-0.2, 0) is 23.5 Å². The van der Waals surface area contributed by atoms with Crippen molar-refractivity contribution in [3.63, 3.8) is 0 Å². The van der Waals surface area contributed by atoms with Gasteiger partial charge < -0.3 is 19.1 Å². The SMILES string of the molecule is CN1CCC(Cn2cc(C(=O)N3CCC4(CC3)OCc3ccccc34)c3ccc(Cl)cc32)C1. The first-order valence-corrected chi connectivity index (χ1v) is 12.4. The van der Waals surface area contributed by atoms with Gasteiger partial charge >= 0.3 is 0 Å². The van der Waals surface area contributed by atoms with E-state index in [1.54, 1.807) is 0 Å². The van der Waals surface area contributed by atoms with Crippen LogP contribution in [0.25, 0.3) is 10.9 Å². The fourth-order valence-corrected chi connectivity index (χ4v) is 6.25.